The van der Waals surface area contributed by atoms with E-state index in [1.54, 1.807) is 31.4 Å². The lowest BCUT2D eigenvalue weighted by atomic mass is 9.81. The van der Waals surface area contributed by atoms with Gasteiger partial charge in [-0.1, -0.05) is 23.8 Å². The summed E-state index contributed by atoms with van der Waals surface area (Å²) in [5.41, 5.74) is 0.369. The number of methoxy groups -OCH3 is 1. The lowest BCUT2D eigenvalue weighted by Crippen LogP contribution is -2.53. The molecule has 144 valence electrons. The number of carbonyl (C=O) groups is 2. The van der Waals surface area contributed by atoms with Gasteiger partial charge in [-0.25, -0.2) is 9.18 Å². The molecule has 2 unspecified atom stereocenters. The molecule has 0 spiro atoms. The Kier molecular flexibility index (Phi) is 4.03. The number of hydrogen-bond donors (Lipinski definition) is 0. The second kappa shape index (κ2) is 6.19. The van der Waals surface area contributed by atoms with Gasteiger partial charge in [-0.3, -0.25) is 4.79 Å². The number of halogens is 1. The van der Waals surface area contributed by atoms with Crippen molar-refractivity contribution in [3.63, 3.8) is 0 Å². The molecule has 0 saturated heterocycles. The van der Waals surface area contributed by atoms with Crippen LogP contribution in [0, 0.1) is 20.8 Å². The second-order valence-electron chi connectivity index (χ2n) is 7.12. The Bertz CT molecular complexity index is 1130. The molecule has 5 nitrogen and oxygen atoms in total. The number of alkyl halides is 1. The number of benzene rings is 2. The summed E-state index contributed by atoms with van der Waals surface area (Å²) in [6.07, 6.45) is 0.0724. The number of ether oxygens (including phenoxy) is 2. The third-order valence-electron chi connectivity index (χ3n) is 5.24. The Morgan fingerprint density at radius 2 is 1.89 bits per heavy atom. The van der Waals surface area contributed by atoms with Crippen LogP contribution in [0.4, 0.5) is 4.39 Å². The van der Waals surface area contributed by atoms with Crippen molar-refractivity contribution >= 4 is 22.7 Å². The van der Waals surface area contributed by atoms with Gasteiger partial charge in [0.15, 0.2) is 6.10 Å². The zero-order chi connectivity index (χ0) is 20.2. The molecule has 0 bridgehead atoms. The molecule has 1 aliphatic heterocycles. The molecule has 0 saturated carbocycles. The summed E-state index contributed by atoms with van der Waals surface area (Å²) in [5, 5.41) is 0.590. The second-order valence-corrected chi connectivity index (χ2v) is 7.12. The van der Waals surface area contributed by atoms with E-state index in [1.807, 2.05) is 19.9 Å². The van der Waals surface area contributed by atoms with Crippen LogP contribution in [-0.4, -0.2) is 24.5 Å². The van der Waals surface area contributed by atoms with Crippen LogP contribution in [-0.2, 0) is 9.53 Å². The molecular weight excluding hydrogens is 363 g/mol. The Labute approximate surface area is 161 Å². The van der Waals surface area contributed by atoms with E-state index in [4.69, 9.17) is 9.15 Å². The summed E-state index contributed by atoms with van der Waals surface area (Å²) < 4.78 is 32.3. The van der Waals surface area contributed by atoms with Crippen LogP contribution in [0.15, 0.2) is 41.0 Å². The van der Waals surface area contributed by atoms with E-state index in [0.29, 0.717) is 22.1 Å². The fourth-order valence-electron chi connectivity index (χ4n) is 3.81. The topological polar surface area (TPSA) is 65.7 Å². The molecule has 1 aliphatic rings. The summed E-state index contributed by atoms with van der Waals surface area (Å²) in [5.74, 6) is -2.04. The molecule has 2 heterocycles. The van der Waals surface area contributed by atoms with Gasteiger partial charge in [0.25, 0.3) is 0 Å². The first-order valence-corrected chi connectivity index (χ1v) is 8.85. The van der Waals surface area contributed by atoms with Crippen molar-refractivity contribution in [2.45, 2.75) is 32.5 Å². The summed E-state index contributed by atoms with van der Waals surface area (Å²) in [7, 11) is 1.05. The quantitative estimate of drug-likeness (QED) is 0.480. The minimum atomic E-state index is -2.99. The van der Waals surface area contributed by atoms with Crippen molar-refractivity contribution < 1.29 is 27.9 Å². The molecule has 0 N–H and O–H groups in total. The molecular formula is C22H19FO5. The molecule has 4 rings (SSSR count). The van der Waals surface area contributed by atoms with Gasteiger partial charge < -0.3 is 13.9 Å². The lowest BCUT2D eigenvalue weighted by Gasteiger charge is -2.36. The van der Waals surface area contributed by atoms with Crippen molar-refractivity contribution in [1.29, 1.82) is 0 Å². The zero-order valence-corrected chi connectivity index (χ0v) is 16.0. The summed E-state index contributed by atoms with van der Waals surface area (Å²) >= 11 is 0. The standard InChI is InChI=1S/C22H19FO5/c1-11-5-6-14(12(2)9-11)20-22(23,21(25)26-4)19(24)15-7-8-16-17(18(15)28-20)13(3)10-27-16/h5-10,20H,1-4H3. The van der Waals surface area contributed by atoms with E-state index in [-0.39, 0.29) is 11.3 Å². The van der Waals surface area contributed by atoms with E-state index in [2.05, 4.69) is 4.74 Å². The summed E-state index contributed by atoms with van der Waals surface area (Å²) in [6.45, 7) is 5.50. The van der Waals surface area contributed by atoms with Gasteiger partial charge in [-0.2, -0.15) is 0 Å². The number of hydrogen-bond acceptors (Lipinski definition) is 5. The number of rotatable bonds is 2. The molecule has 3 aromatic rings. The van der Waals surface area contributed by atoms with Crippen LogP contribution < -0.4 is 4.74 Å². The first kappa shape index (κ1) is 18.2. The average molecular weight is 382 g/mol. The molecule has 0 amide bonds. The molecule has 0 radical (unpaired) electrons. The number of fused-ring (bicyclic) bond motifs is 3. The molecule has 0 fully saturated rings. The maximum atomic E-state index is 16.1. The highest BCUT2D eigenvalue weighted by Crippen LogP contribution is 2.48. The number of carbonyl (C=O) groups excluding carboxylic acids is 2. The first-order valence-electron chi connectivity index (χ1n) is 8.85. The van der Waals surface area contributed by atoms with E-state index in [1.165, 1.54) is 6.07 Å². The van der Waals surface area contributed by atoms with Crippen LogP contribution in [0.1, 0.15) is 38.7 Å². The molecule has 2 aromatic carbocycles. The summed E-state index contributed by atoms with van der Waals surface area (Å²) in [6, 6.07) is 8.29. The Hall–Kier alpha value is -3.15. The van der Waals surface area contributed by atoms with Crippen molar-refractivity contribution in [2.24, 2.45) is 0 Å². The van der Waals surface area contributed by atoms with E-state index in [0.717, 1.165) is 18.2 Å². The van der Waals surface area contributed by atoms with Crippen LogP contribution >= 0.6 is 0 Å². The molecule has 28 heavy (non-hydrogen) atoms. The number of furan rings is 1. The van der Waals surface area contributed by atoms with E-state index in [9.17, 15) is 9.59 Å². The average Bonchev–Trinajstić information content (AvgIpc) is 3.05. The van der Waals surface area contributed by atoms with Crippen molar-refractivity contribution in [2.75, 3.05) is 7.11 Å². The van der Waals surface area contributed by atoms with E-state index >= 15 is 4.39 Å². The highest BCUT2D eigenvalue weighted by atomic mass is 19.1. The van der Waals surface area contributed by atoms with Gasteiger partial charge in [-0.15, -0.1) is 0 Å². The molecule has 1 aromatic heterocycles. The van der Waals surface area contributed by atoms with Gasteiger partial charge in [0, 0.05) is 0 Å². The normalized spacial score (nSPS) is 21.3. The van der Waals surface area contributed by atoms with E-state index < -0.39 is 23.5 Å². The molecule has 2 atom stereocenters. The molecule has 6 heteroatoms. The van der Waals surface area contributed by atoms with Gasteiger partial charge >= 0.3 is 11.6 Å². The van der Waals surface area contributed by atoms with Crippen molar-refractivity contribution in [3.8, 4) is 5.75 Å². The maximum absolute atomic E-state index is 16.1. The fourth-order valence-corrected chi connectivity index (χ4v) is 3.81. The monoisotopic (exact) mass is 382 g/mol. The largest absolute Gasteiger partial charge is 0.480 e. The Morgan fingerprint density at radius 1 is 1.14 bits per heavy atom. The van der Waals surface area contributed by atoms with Crippen LogP contribution in [0.25, 0.3) is 11.0 Å². The smallest absolute Gasteiger partial charge is 0.356 e. The lowest BCUT2D eigenvalue weighted by molar-refractivity contribution is -0.157. The highest BCUT2D eigenvalue weighted by molar-refractivity contribution is 6.20. The van der Waals surface area contributed by atoms with Gasteiger partial charge in [0.2, 0.25) is 5.78 Å². The Balaban J connectivity index is 2.01. The van der Waals surface area contributed by atoms with Gasteiger partial charge in [-0.05, 0) is 49.6 Å². The third kappa shape index (κ3) is 2.37. The van der Waals surface area contributed by atoms with Crippen LogP contribution in [0.2, 0.25) is 0 Å². The minimum Gasteiger partial charge on any atom is -0.480 e. The predicted octanol–water partition coefficient (Wildman–Crippen LogP) is 4.56. The predicted molar refractivity (Wildman–Crippen MR) is 100 cm³/mol. The minimum absolute atomic E-state index is 0.00841. The number of ketones is 1. The van der Waals surface area contributed by atoms with Crippen LogP contribution in [0.5, 0.6) is 5.75 Å². The molecule has 0 aliphatic carbocycles. The zero-order valence-electron chi connectivity index (χ0n) is 16.0. The van der Waals surface area contributed by atoms with Crippen molar-refractivity contribution in [3.05, 3.63) is 64.4 Å². The number of Topliss-reactive ketones (excluding diaryl/α,β-unsaturated/α-hetero) is 1. The fraction of sp³-hybridized carbons (Fsp3) is 0.273. The van der Waals surface area contributed by atoms with Crippen molar-refractivity contribution in [1.82, 2.24) is 0 Å². The SMILES string of the molecule is COC(=O)C1(F)C(=O)c2ccc3occ(C)c3c2OC1c1ccc(C)cc1C. The number of esters is 1. The van der Waals surface area contributed by atoms with Gasteiger partial charge in [0.05, 0.1) is 24.3 Å². The maximum Gasteiger partial charge on any atom is 0.356 e. The third-order valence-corrected chi connectivity index (χ3v) is 5.24. The van der Waals surface area contributed by atoms with Crippen LogP contribution in [0.3, 0.4) is 0 Å². The number of aryl methyl sites for hydroxylation is 3. The first-order chi connectivity index (χ1) is 13.3. The van der Waals surface area contributed by atoms with Gasteiger partial charge in [0.1, 0.15) is 11.3 Å². The summed E-state index contributed by atoms with van der Waals surface area (Å²) in [4.78, 5) is 25.6. The Morgan fingerprint density at radius 3 is 2.57 bits per heavy atom. The highest BCUT2D eigenvalue weighted by Gasteiger charge is 2.60.